The van der Waals surface area contributed by atoms with Crippen LogP contribution in [0.3, 0.4) is 0 Å². The molecule has 0 aromatic heterocycles. The number of piperidine rings is 1. The van der Waals surface area contributed by atoms with E-state index in [1.54, 1.807) is 12.0 Å². The number of ether oxygens (including phenoxy) is 1. The summed E-state index contributed by atoms with van der Waals surface area (Å²) >= 11 is 0. The highest BCUT2D eigenvalue weighted by Gasteiger charge is 2.39. The molecule has 0 aromatic carbocycles. The molecular weight excluding hydrogens is 269 g/mol. The predicted octanol–water partition coefficient (Wildman–Crippen LogP) is 2.56. The van der Waals surface area contributed by atoms with Crippen molar-refractivity contribution >= 4 is 0 Å². The minimum atomic E-state index is -4.12. The molecule has 2 atom stereocenters. The molecule has 0 radical (unpaired) electrons. The minimum Gasteiger partial charge on any atom is -0.381 e. The van der Waals surface area contributed by atoms with Gasteiger partial charge in [0.2, 0.25) is 0 Å². The maximum atomic E-state index is 12.9. The van der Waals surface area contributed by atoms with Crippen molar-refractivity contribution in [3.63, 3.8) is 0 Å². The van der Waals surface area contributed by atoms with Crippen LogP contribution in [-0.2, 0) is 4.74 Å². The van der Waals surface area contributed by atoms with Gasteiger partial charge in [-0.25, -0.2) is 0 Å². The number of hydrogen-bond acceptors (Lipinski definition) is 3. The zero-order valence-electron chi connectivity index (χ0n) is 12.1. The van der Waals surface area contributed by atoms with E-state index in [9.17, 15) is 13.2 Å². The summed E-state index contributed by atoms with van der Waals surface area (Å²) in [7, 11) is 1.66. The van der Waals surface area contributed by atoms with Gasteiger partial charge < -0.3 is 10.1 Å². The van der Waals surface area contributed by atoms with E-state index < -0.39 is 12.7 Å². The molecule has 1 heterocycles. The summed E-state index contributed by atoms with van der Waals surface area (Å²) in [5.74, 6) is 0. The first-order valence-corrected chi connectivity index (χ1v) is 7.55. The number of methoxy groups -OCH3 is 1. The van der Waals surface area contributed by atoms with Crippen LogP contribution in [0.15, 0.2) is 0 Å². The van der Waals surface area contributed by atoms with Crippen molar-refractivity contribution < 1.29 is 17.9 Å². The van der Waals surface area contributed by atoms with Crippen LogP contribution >= 0.6 is 0 Å². The molecule has 118 valence electrons. The van der Waals surface area contributed by atoms with Crippen LogP contribution in [-0.4, -0.2) is 56.0 Å². The van der Waals surface area contributed by atoms with Gasteiger partial charge in [-0.05, 0) is 51.6 Å². The van der Waals surface area contributed by atoms with Crippen molar-refractivity contribution in [2.24, 2.45) is 0 Å². The lowest BCUT2D eigenvalue weighted by Gasteiger charge is -2.43. The second kappa shape index (κ2) is 7.09. The molecule has 20 heavy (non-hydrogen) atoms. The summed E-state index contributed by atoms with van der Waals surface area (Å²) in [6.07, 6.45) is 1.14. The van der Waals surface area contributed by atoms with Crippen molar-refractivity contribution in [3.05, 3.63) is 0 Å². The molecule has 1 aliphatic carbocycles. The third-order valence-electron chi connectivity index (χ3n) is 4.54. The van der Waals surface area contributed by atoms with E-state index in [0.29, 0.717) is 0 Å². The molecule has 1 saturated carbocycles. The second-order valence-corrected chi connectivity index (χ2v) is 5.95. The molecule has 6 heteroatoms. The first kappa shape index (κ1) is 16.0. The fourth-order valence-electron chi connectivity index (χ4n) is 3.54. The normalized spacial score (nSPS) is 29.9. The van der Waals surface area contributed by atoms with E-state index in [1.807, 2.05) is 0 Å². The van der Waals surface area contributed by atoms with Gasteiger partial charge in [0.05, 0.1) is 12.6 Å². The fourth-order valence-corrected chi connectivity index (χ4v) is 3.54. The molecule has 2 unspecified atom stereocenters. The van der Waals surface area contributed by atoms with Gasteiger partial charge in [-0.1, -0.05) is 0 Å². The summed E-state index contributed by atoms with van der Waals surface area (Å²) in [6.45, 7) is 0.859. The van der Waals surface area contributed by atoms with Gasteiger partial charge in [-0.2, -0.15) is 13.2 Å². The molecule has 0 aromatic rings. The zero-order chi connectivity index (χ0) is 14.6. The van der Waals surface area contributed by atoms with Crippen LogP contribution in [0.2, 0.25) is 0 Å². The van der Waals surface area contributed by atoms with Crippen LogP contribution in [0.1, 0.15) is 38.5 Å². The van der Waals surface area contributed by atoms with Crippen LogP contribution in [0.4, 0.5) is 13.2 Å². The van der Waals surface area contributed by atoms with E-state index in [4.69, 9.17) is 4.74 Å². The maximum absolute atomic E-state index is 12.9. The van der Waals surface area contributed by atoms with Crippen LogP contribution in [0.5, 0.6) is 0 Å². The average Bonchev–Trinajstić information content (AvgIpc) is 2.45. The molecular formula is C14H25F3N2O. The lowest BCUT2D eigenvalue weighted by atomic mass is 9.89. The first-order chi connectivity index (χ1) is 9.49. The lowest BCUT2D eigenvalue weighted by Crippen LogP contribution is -2.53. The number of hydrogen-bond donors (Lipinski definition) is 1. The first-order valence-electron chi connectivity index (χ1n) is 7.55. The van der Waals surface area contributed by atoms with Crippen LogP contribution < -0.4 is 5.32 Å². The van der Waals surface area contributed by atoms with Crippen LogP contribution in [0.25, 0.3) is 0 Å². The SMILES string of the molecule is COC1CCCC(N(CC(F)(F)F)C2CCNCC2)C1. The van der Waals surface area contributed by atoms with Gasteiger partial charge in [0.25, 0.3) is 0 Å². The van der Waals surface area contributed by atoms with Gasteiger partial charge in [-0.3, -0.25) is 4.90 Å². The maximum Gasteiger partial charge on any atom is 0.401 e. The van der Waals surface area contributed by atoms with E-state index in [-0.39, 0.29) is 18.2 Å². The van der Waals surface area contributed by atoms with Gasteiger partial charge in [0.15, 0.2) is 0 Å². The number of halogens is 3. The minimum absolute atomic E-state index is 0.0124. The van der Waals surface area contributed by atoms with Crippen molar-refractivity contribution in [2.75, 3.05) is 26.7 Å². The van der Waals surface area contributed by atoms with E-state index in [2.05, 4.69) is 5.32 Å². The Morgan fingerprint density at radius 3 is 2.40 bits per heavy atom. The highest BCUT2D eigenvalue weighted by Crippen LogP contribution is 2.31. The second-order valence-electron chi connectivity index (χ2n) is 5.95. The molecule has 1 aliphatic heterocycles. The van der Waals surface area contributed by atoms with Crippen molar-refractivity contribution in [2.45, 2.75) is 62.9 Å². The Balaban J connectivity index is 2.04. The summed E-state index contributed by atoms with van der Waals surface area (Å²) in [5.41, 5.74) is 0. The third-order valence-corrected chi connectivity index (χ3v) is 4.54. The van der Waals surface area contributed by atoms with Gasteiger partial charge in [0, 0.05) is 19.2 Å². The predicted molar refractivity (Wildman–Crippen MR) is 71.7 cm³/mol. The number of nitrogens with zero attached hydrogens (tertiary/aromatic N) is 1. The van der Waals surface area contributed by atoms with Gasteiger partial charge in [0.1, 0.15) is 0 Å². The highest BCUT2D eigenvalue weighted by atomic mass is 19.4. The molecule has 2 aliphatic rings. The van der Waals surface area contributed by atoms with Crippen LogP contribution in [0, 0.1) is 0 Å². The molecule has 0 amide bonds. The van der Waals surface area contributed by atoms with E-state index in [0.717, 1.165) is 51.6 Å². The zero-order valence-corrected chi connectivity index (χ0v) is 12.1. The highest BCUT2D eigenvalue weighted by molar-refractivity contribution is 4.88. The molecule has 3 nitrogen and oxygen atoms in total. The van der Waals surface area contributed by atoms with Crippen molar-refractivity contribution in [3.8, 4) is 0 Å². The monoisotopic (exact) mass is 294 g/mol. The number of alkyl halides is 3. The largest absolute Gasteiger partial charge is 0.401 e. The van der Waals surface area contributed by atoms with Crippen molar-refractivity contribution in [1.29, 1.82) is 0 Å². The molecule has 1 saturated heterocycles. The number of rotatable bonds is 4. The lowest BCUT2D eigenvalue weighted by molar-refractivity contribution is -0.161. The summed E-state index contributed by atoms with van der Waals surface area (Å²) < 4.78 is 44.1. The Morgan fingerprint density at radius 1 is 1.10 bits per heavy atom. The Kier molecular flexibility index (Phi) is 5.69. The van der Waals surface area contributed by atoms with E-state index in [1.165, 1.54) is 0 Å². The van der Waals surface area contributed by atoms with E-state index >= 15 is 0 Å². The van der Waals surface area contributed by atoms with Gasteiger partial charge in [-0.15, -0.1) is 0 Å². The summed E-state index contributed by atoms with van der Waals surface area (Å²) in [5, 5.41) is 3.22. The Hall–Kier alpha value is -0.330. The molecule has 2 fully saturated rings. The molecule has 0 bridgehead atoms. The standard InChI is InChI=1S/C14H25F3N2O/c1-20-13-4-2-3-12(9-13)19(10-14(15,16)17)11-5-7-18-8-6-11/h11-13,18H,2-10H2,1H3. The average molecular weight is 294 g/mol. The fraction of sp³-hybridized carbons (Fsp3) is 1.00. The topological polar surface area (TPSA) is 24.5 Å². The summed E-state index contributed by atoms with van der Waals surface area (Å²) in [6, 6.07) is 0.0666. The Bertz CT molecular complexity index is 293. The smallest absolute Gasteiger partial charge is 0.381 e. The Morgan fingerprint density at radius 2 is 1.80 bits per heavy atom. The quantitative estimate of drug-likeness (QED) is 0.862. The Labute approximate surface area is 118 Å². The summed E-state index contributed by atoms with van der Waals surface area (Å²) in [4.78, 5) is 1.71. The molecule has 2 rings (SSSR count). The number of nitrogens with one attached hydrogen (secondary N) is 1. The molecule has 1 N–H and O–H groups in total. The molecule has 0 spiro atoms. The van der Waals surface area contributed by atoms with Crippen molar-refractivity contribution in [1.82, 2.24) is 10.2 Å². The third kappa shape index (κ3) is 4.60. The van der Waals surface area contributed by atoms with Gasteiger partial charge >= 0.3 is 6.18 Å².